The van der Waals surface area contributed by atoms with Crippen LogP contribution in [0.5, 0.6) is 5.75 Å². The summed E-state index contributed by atoms with van der Waals surface area (Å²) in [6, 6.07) is 13.4. The molecule has 0 spiro atoms. The molecule has 4 nitrogen and oxygen atoms in total. The maximum Gasteiger partial charge on any atom is 0.331 e. The molecule has 26 heavy (non-hydrogen) atoms. The van der Waals surface area contributed by atoms with Crippen molar-refractivity contribution >= 4 is 23.4 Å². The molecule has 0 saturated carbocycles. The molecule has 0 aliphatic heterocycles. The second-order valence-electron chi connectivity index (χ2n) is 5.37. The second-order valence-corrected chi connectivity index (χ2v) is 6.22. The Kier molecular flexibility index (Phi) is 5.76. The zero-order valence-corrected chi connectivity index (χ0v) is 14.8. The number of ether oxygens (including phenoxy) is 2. The maximum absolute atomic E-state index is 12.8. The molecular formula is C20H16FNO3S. The number of thiazole rings is 1. The fraction of sp³-hybridized carbons (Fsp3) is 0.100. The van der Waals surface area contributed by atoms with Crippen LogP contribution in [0.1, 0.15) is 11.3 Å². The highest BCUT2D eigenvalue weighted by Gasteiger charge is 2.07. The van der Waals surface area contributed by atoms with Gasteiger partial charge in [0.25, 0.3) is 0 Å². The molecule has 1 heterocycles. The van der Waals surface area contributed by atoms with Crippen LogP contribution in [0.2, 0.25) is 0 Å². The molecule has 0 radical (unpaired) electrons. The van der Waals surface area contributed by atoms with Crippen molar-refractivity contribution < 1.29 is 18.7 Å². The Morgan fingerprint density at radius 3 is 2.58 bits per heavy atom. The molecule has 1 aromatic heterocycles. The van der Waals surface area contributed by atoms with Gasteiger partial charge in [0.1, 0.15) is 23.2 Å². The molecule has 0 atom stereocenters. The van der Waals surface area contributed by atoms with Crippen molar-refractivity contribution in [3.63, 3.8) is 0 Å². The van der Waals surface area contributed by atoms with E-state index in [1.807, 2.05) is 29.6 Å². The van der Waals surface area contributed by atoms with E-state index in [2.05, 4.69) is 4.98 Å². The number of benzene rings is 2. The highest BCUT2D eigenvalue weighted by atomic mass is 32.1. The highest BCUT2D eigenvalue weighted by molar-refractivity contribution is 7.13. The Hall–Kier alpha value is -2.99. The summed E-state index contributed by atoms with van der Waals surface area (Å²) in [5.41, 5.74) is 2.38. The summed E-state index contributed by atoms with van der Waals surface area (Å²) < 4.78 is 23.1. The van der Waals surface area contributed by atoms with Gasteiger partial charge in [-0.2, -0.15) is 0 Å². The molecule has 2 aromatic carbocycles. The van der Waals surface area contributed by atoms with E-state index in [-0.39, 0.29) is 12.4 Å². The van der Waals surface area contributed by atoms with E-state index >= 15 is 0 Å². The van der Waals surface area contributed by atoms with Crippen molar-refractivity contribution in [3.05, 3.63) is 77.1 Å². The molecule has 0 amide bonds. The number of hydrogen-bond acceptors (Lipinski definition) is 5. The minimum atomic E-state index is -0.478. The topological polar surface area (TPSA) is 48.4 Å². The summed E-state index contributed by atoms with van der Waals surface area (Å²) in [5, 5.41) is 2.71. The number of esters is 1. The Morgan fingerprint density at radius 2 is 1.88 bits per heavy atom. The van der Waals surface area contributed by atoms with Gasteiger partial charge in [-0.25, -0.2) is 14.2 Å². The molecule has 0 bridgehead atoms. The number of nitrogens with zero attached hydrogens (tertiary/aromatic N) is 1. The van der Waals surface area contributed by atoms with Crippen LogP contribution in [0, 0.1) is 5.82 Å². The van der Waals surface area contributed by atoms with Crippen LogP contribution in [0.15, 0.2) is 60.0 Å². The van der Waals surface area contributed by atoms with Crippen LogP contribution in [0.4, 0.5) is 4.39 Å². The largest absolute Gasteiger partial charge is 0.497 e. The summed E-state index contributed by atoms with van der Waals surface area (Å²) >= 11 is 1.48. The molecule has 0 unspecified atom stereocenters. The molecule has 6 heteroatoms. The predicted molar refractivity (Wildman–Crippen MR) is 99.3 cm³/mol. The summed E-state index contributed by atoms with van der Waals surface area (Å²) in [7, 11) is 1.62. The van der Waals surface area contributed by atoms with Crippen LogP contribution >= 0.6 is 11.3 Å². The third kappa shape index (κ3) is 4.77. The van der Waals surface area contributed by atoms with Crippen LogP contribution in [-0.2, 0) is 16.1 Å². The van der Waals surface area contributed by atoms with Crippen molar-refractivity contribution in [2.75, 3.05) is 7.11 Å². The fourth-order valence-corrected chi connectivity index (χ4v) is 2.98. The highest BCUT2D eigenvalue weighted by Crippen LogP contribution is 2.25. The lowest BCUT2D eigenvalue weighted by Crippen LogP contribution is -2.00. The van der Waals surface area contributed by atoms with Gasteiger partial charge in [-0.05, 0) is 48.0 Å². The average molecular weight is 369 g/mol. The van der Waals surface area contributed by atoms with Gasteiger partial charge in [0, 0.05) is 17.0 Å². The van der Waals surface area contributed by atoms with Crippen molar-refractivity contribution in [1.29, 1.82) is 0 Å². The number of hydrogen-bond donors (Lipinski definition) is 0. The Balaban J connectivity index is 1.55. The van der Waals surface area contributed by atoms with Crippen molar-refractivity contribution in [2.24, 2.45) is 0 Å². The van der Waals surface area contributed by atoms with Gasteiger partial charge < -0.3 is 9.47 Å². The first-order valence-electron chi connectivity index (χ1n) is 7.83. The van der Waals surface area contributed by atoms with Gasteiger partial charge in [0.05, 0.1) is 12.8 Å². The first-order chi connectivity index (χ1) is 12.6. The van der Waals surface area contributed by atoms with Crippen LogP contribution in [0.25, 0.3) is 16.6 Å². The lowest BCUT2D eigenvalue weighted by Gasteiger charge is -2.00. The first-order valence-corrected chi connectivity index (χ1v) is 8.71. The SMILES string of the molecule is COc1ccc(-c2nc(COC(=O)/C=C/c3ccc(F)cc3)cs2)cc1. The van der Waals surface area contributed by atoms with Gasteiger partial charge in [-0.15, -0.1) is 11.3 Å². The number of aromatic nitrogens is 1. The van der Waals surface area contributed by atoms with E-state index in [4.69, 9.17) is 9.47 Å². The van der Waals surface area contributed by atoms with Crippen molar-refractivity contribution in [1.82, 2.24) is 4.98 Å². The molecule has 0 fully saturated rings. The molecule has 132 valence electrons. The quantitative estimate of drug-likeness (QED) is 0.466. The summed E-state index contributed by atoms with van der Waals surface area (Å²) in [6.45, 7) is 0.0965. The lowest BCUT2D eigenvalue weighted by molar-refractivity contribution is -0.139. The molecule has 0 saturated heterocycles. The van der Waals surface area contributed by atoms with Gasteiger partial charge in [-0.3, -0.25) is 0 Å². The average Bonchev–Trinajstić information content (AvgIpc) is 3.15. The van der Waals surface area contributed by atoms with Gasteiger partial charge in [0.15, 0.2) is 0 Å². The Bertz CT molecular complexity index is 902. The number of carbonyl (C=O) groups excluding carboxylic acids is 1. The van der Waals surface area contributed by atoms with Gasteiger partial charge in [0.2, 0.25) is 0 Å². The van der Waals surface area contributed by atoms with E-state index in [0.29, 0.717) is 5.69 Å². The first kappa shape index (κ1) is 17.8. The molecule has 0 aliphatic rings. The van der Waals surface area contributed by atoms with Crippen molar-refractivity contribution in [2.45, 2.75) is 6.61 Å². The smallest absolute Gasteiger partial charge is 0.331 e. The molecule has 3 aromatic rings. The number of halogens is 1. The zero-order chi connectivity index (χ0) is 18.4. The summed E-state index contributed by atoms with van der Waals surface area (Å²) in [5.74, 6) is -0.0124. The number of rotatable bonds is 6. The normalized spacial score (nSPS) is 10.8. The Labute approximate surface area is 154 Å². The summed E-state index contributed by atoms with van der Waals surface area (Å²) in [6.07, 6.45) is 2.88. The van der Waals surface area contributed by atoms with Crippen LogP contribution in [0.3, 0.4) is 0 Å². The minimum Gasteiger partial charge on any atom is -0.497 e. The Morgan fingerprint density at radius 1 is 1.15 bits per heavy atom. The standard InChI is InChI=1S/C20H16FNO3S/c1-24-18-9-5-15(6-10-18)20-22-17(13-26-20)12-25-19(23)11-4-14-2-7-16(21)8-3-14/h2-11,13H,12H2,1H3/b11-4+. The molecule has 0 aliphatic carbocycles. The maximum atomic E-state index is 12.8. The number of methoxy groups -OCH3 is 1. The van der Waals surface area contributed by atoms with Crippen molar-refractivity contribution in [3.8, 4) is 16.3 Å². The predicted octanol–water partition coefficient (Wildman–Crippen LogP) is 4.71. The van der Waals surface area contributed by atoms with Crippen LogP contribution < -0.4 is 4.74 Å². The second kappa shape index (κ2) is 8.40. The fourth-order valence-electron chi connectivity index (χ4n) is 2.17. The lowest BCUT2D eigenvalue weighted by atomic mass is 10.2. The third-order valence-corrected chi connectivity index (χ3v) is 4.47. The van der Waals surface area contributed by atoms with E-state index < -0.39 is 5.97 Å². The number of carbonyl (C=O) groups is 1. The molecule has 3 rings (SSSR count). The third-order valence-electron chi connectivity index (χ3n) is 3.53. The van der Waals surface area contributed by atoms with E-state index in [1.54, 1.807) is 25.3 Å². The molecular weight excluding hydrogens is 353 g/mol. The zero-order valence-electron chi connectivity index (χ0n) is 14.0. The van der Waals surface area contributed by atoms with E-state index in [0.717, 1.165) is 21.9 Å². The van der Waals surface area contributed by atoms with E-state index in [1.165, 1.54) is 29.5 Å². The van der Waals surface area contributed by atoms with Crippen LogP contribution in [-0.4, -0.2) is 18.1 Å². The van der Waals surface area contributed by atoms with E-state index in [9.17, 15) is 9.18 Å². The molecule has 0 N–H and O–H groups in total. The summed E-state index contributed by atoms with van der Waals surface area (Å²) in [4.78, 5) is 16.3. The minimum absolute atomic E-state index is 0.0965. The van der Waals surface area contributed by atoms with Gasteiger partial charge >= 0.3 is 5.97 Å². The monoisotopic (exact) mass is 369 g/mol. The van der Waals surface area contributed by atoms with Gasteiger partial charge in [-0.1, -0.05) is 12.1 Å².